The van der Waals surface area contributed by atoms with Crippen molar-refractivity contribution in [3.8, 4) is 6.07 Å². The quantitative estimate of drug-likeness (QED) is 0.926. The molecule has 0 bridgehead atoms. The van der Waals surface area contributed by atoms with Crippen LogP contribution < -0.4 is 0 Å². The number of nitriles is 1. The number of rotatable bonds is 4. The molecule has 0 aromatic heterocycles. The Bertz CT molecular complexity index is 544. The molecule has 1 aromatic rings. The van der Waals surface area contributed by atoms with E-state index in [0.29, 0.717) is 18.1 Å². The van der Waals surface area contributed by atoms with Gasteiger partial charge in [0.2, 0.25) is 0 Å². The van der Waals surface area contributed by atoms with Gasteiger partial charge in [-0.05, 0) is 30.5 Å². The summed E-state index contributed by atoms with van der Waals surface area (Å²) in [5, 5.41) is 18.5. The maximum Gasteiger partial charge on any atom is 0.407 e. The lowest BCUT2D eigenvalue weighted by Gasteiger charge is -2.35. The fraction of sp³-hybridized carbons (Fsp3) is 0.467. The molecule has 1 saturated heterocycles. The number of piperidine rings is 1. The second-order valence-electron chi connectivity index (χ2n) is 5.08. The second kappa shape index (κ2) is 7.30. The van der Waals surface area contributed by atoms with Gasteiger partial charge in [0.05, 0.1) is 12.2 Å². The highest BCUT2D eigenvalue weighted by Gasteiger charge is 2.31. The number of amides is 1. The van der Waals surface area contributed by atoms with E-state index in [-0.39, 0.29) is 18.6 Å². The second-order valence-corrected chi connectivity index (χ2v) is 5.51. The van der Waals surface area contributed by atoms with Crippen LogP contribution in [-0.4, -0.2) is 35.8 Å². The molecule has 0 spiro atoms. The number of carbonyl (C=O) groups is 1. The number of benzene rings is 1. The number of nitrogens with zero attached hydrogens (tertiary/aromatic N) is 2. The summed E-state index contributed by atoms with van der Waals surface area (Å²) in [5.41, 5.74) is 0.884. The van der Waals surface area contributed by atoms with Gasteiger partial charge in [0, 0.05) is 24.0 Å². The van der Waals surface area contributed by atoms with Gasteiger partial charge in [-0.3, -0.25) is 0 Å². The van der Waals surface area contributed by atoms with Gasteiger partial charge in [0.15, 0.2) is 0 Å². The summed E-state index contributed by atoms with van der Waals surface area (Å²) < 4.78 is 5.66. The van der Waals surface area contributed by atoms with Crippen LogP contribution in [0.15, 0.2) is 24.3 Å². The molecule has 1 fully saturated rings. The average Bonchev–Trinajstić information content (AvgIpc) is 2.48. The van der Waals surface area contributed by atoms with E-state index < -0.39 is 6.09 Å². The average molecular weight is 309 g/mol. The van der Waals surface area contributed by atoms with Crippen molar-refractivity contribution in [1.29, 1.82) is 5.26 Å². The summed E-state index contributed by atoms with van der Waals surface area (Å²) in [5.74, 6) is 0.0293. The first-order chi connectivity index (χ1) is 10.1. The molecule has 2 unspecified atom stereocenters. The predicted octanol–water partition coefficient (Wildman–Crippen LogP) is 3.31. The van der Waals surface area contributed by atoms with E-state index in [4.69, 9.17) is 26.7 Å². The fourth-order valence-electron chi connectivity index (χ4n) is 2.75. The summed E-state index contributed by atoms with van der Waals surface area (Å²) in [4.78, 5) is 12.5. The summed E-state index contributed by atoms with van der Waals surface area (Å²) in [6, 6.07) is 9.28. The predicted molar refractivity (Wildman–Crippen MR) is 78.1 cm³/mol. The highest BCUT2D eigenvalue weighted by Crippen LogP contribution is 2.33. The Hall–Kier alpha value is -1.77. The van der Waals surface area contributed by atoms with Gasteiger partial charge in [0.1, 0.15) is 6.61 Å². The van der Waals surface area contributed by atoms with Crippen LogP contribution >= 0.6 is 11.6 Å². The highest BCUT2D eigenvalue weighted by atomic mass is 35.5. The number of ether oxygens (including phenoxy) is 1. The number of hydrogen-bond acceptors (Lipinski definition) is 3. The van der Waals surface area contributed by atoms with Crippen molar-refractivity contribution in [2.24, 2.45) is 5.92 Å². The molecule has 21 heavy (non-hydrogen) atoms. The first-order valence-electron chi connectivity index (χ1n) is 6.83. The van der Waals surface area contributed by atoms with Crippen LogP contribution in [0.3, 0.4) is 0 Å². The molecule has 1 N–H and O–H groups in total. The molecule has 1 heterocycles. The van der Waals surface area contributed by atoms with Gasteiger partial charge in [-0.1, -0.05) is 23.7 Å². The fourth-order valence-corrected chi connectivity index (χ4v) is 2.94. The third-order valence-electron chi connectivity index (χ3n) is 3.66. The summed E-state index contributed by atoms with van der Waals surface area (Å²) in [6.07, 6.45) is 0.436. The molecule has 0 saturated carbocycles. The van der Waals surface area contributed by atoms with Gasteiger partial charge < -0.3 is 14.7 Å². The summed E-state index contributed by atoms with van der Waals surface area (Å²) >= 11 is 6.02. The third-order valence-corrected chi connectivity index (χ3v) is 3.90. The van der Waals surface area contributed by atoms with Crippen LogP contribution in [0.1, 0.15) is 24.5 Å². The van der Waals surface area contributed by atoms with Crippen LogP contribution in [0.2, 0.25) is 5.02 Å². The molecule has 1 aliphatic heterocycles. The van der Waals surface area contributed by atoms with Gasteiger partial charge >= 0.3 is 6.09 Å². The topological polar surface area (TPSA) is 73.6 Å². The van der Waals surface area contributed by atoms with E-state index in [1.807, 2.05) is 24.3 Å². The van der Waals surface area contributed by atoms with Crippen LogP contribution in [-0.2, 0) is 4.74 Å². The Morgan fingerprint density at radius 3 is 3.10 bits per heavy atom. The van der Waals surface area contributed by atoms with E-state index in [0.717, 1.165) is 18.4 Å². The maximum absolute atomic E-state index is 11.1. The van der Waals surface area contributed by atoms with E-state index in [9.17, 15) is 4.79 Å². The Labute approximate surface area is 128 Å². The Morgan fingerprint density at radius 1 is 1.62 bits per heavy atom. The lowest BCUT2D eigenvalue weighted by Crippen LogP contribution is -2.41. The van der Waals surface area contributed by atoms with E-state index in [1.165, 1.54) is 4.90 Å². The minimum atomic E-state index is -0.912. The molecule has 5 nitrogen and oxygen atoms in total. The number of carboxylic acid groups (broad SMARTS) is 1. The molecule has 1 amide bonds. The van der Waals surface area contributed by atoms with Crippen molar-refractivity contribution in [3.05, 3.63) is 34.9 Å². The van der Waals surface area contributed by atoms with Gasteiger partial charge in [-0.2, -0.15) is 5.26 Å². The molecule has 2 atom stereocenters. The van der Waals surface area contributed by atoms with Crippen molar-refractivity contribution < 1.29 is 14.6 Å². The normalized spacial score (nSPS) is 19.8. The Balaban J connectivity index is 2.19. The Morgan fingerprint density at radius 2 is 2.43 bits per heavy atom. The number of hydrogen-bond donors (Lipinski definition) is 1. The molecular formula is C15H17ClN2O3. The highest BCUT2D eigenvalue weighted by molar-refractivity contribution is 6.30. The molecular weight excluding hydrogens is 292 g/mol. The first-order valence-corrected chi connectivity index (χ1v) is 7.21. The molecule has 112 valence electrons. The molecule has 2 rings (SSSR count). The van der Waals surface area contributed by atoms with Gasteiger partial charge in [0.25, 0.3) is 0 Å². The molecule has 6 heteroatoms. The minimum absolute atomic E-state index is 0.0270. The maximum atomic E-state index is 11.1. The van der Waals surface area contributed by atoms with E-state index in [1.54, 1.807) is 6.07 Å². The van der Waals surface area contributed by atoms with Crippen molar-refractivity contribution in [3.63, 3.8) is 0 Å². The zero-order chi connectivity index (χ0) is 15.2. The minimum Gasteiger partial charge on any atom is -0.465 e. The largest absolute Gasteiger partial charge is 0.465 e. The standard InChI is InChI=1S/C15H17ClN2O3/c16-13-5-1-3-11(9-13)14(21-8-6-17)12-4-2-7-18(10-12)15(19)20/h1,3,5,9,12,14H,2,4,7-8,10H2,(H,19,20). The van der Waals surface area contributed by atoms with E-state index in [2.05, 4.69) is 0 Å². The summed E-state index contributed by atoms with van der Waals surface area (Å²) in [6.45, 7) is 0.936. The van der Waals surface area contributed by atoms with Crippen LogP contribution in [0.4, 0.5) is 4.79 Å². The molecule has 1 aromatic carbocycles. The SMILES string of the molecule is N#CCOC(c1cccc(Cl)c1)C1CCCN(C(=O)O)C1. The number of likely N-dealkylation sites (tertiary alicyclic amines) is 1. The molecule has 1 aliphatic rings. The Kier molecular flexibility index (Phi) is 5.43. The van der Waals surface area contributed by atoms with E-state index >= 15 is 0 Å². The van der Waals surface area contributed by atoms with Crippen molar-refractivity contribution >= 4 is 17.7 Å². The van der Waals surface area contributed by atoms with Gasteiger partial charge in [-0.15, -0.1) is 0 Å². The monoisotopic (exact) mass is 308 g/mol. The third kappa shape index (κ3) is 4.10. The lowest BCUT2D eigenvalue weighted by atomic mass is 9.88. The molecule has 0 radical (unpaired) electrons. The van der Waals surface area contributed by atoms with Crippen molar-refractivity contribution in [1.82, 2.24) is 4.90 Å². The van der Waals surface area contributed by atoms with Crippen molar-refractivity contribution in [2.45, 2.75) is 18.9 Å². The smallest absolute Gasteiger partial charge is 0.407 e. The molecule has 0 aliphatic carbocycles. The van der Waals surface area contributed by atoms with Crippen LogP contribution in [0.5, 0.6) is 0 Å². The van der Waals surface area contributed by atoms with Crippen molar-refractivity contribution in [2.75, 3.05) is 19.7 Å². The number of halogens is 1. The lowest BCUT2D eigenvalue weighted by molar-refractivity contribution is 0.00142. The summed E-state index contributed by atoms with van der Waals surface area (Å²) in [7, 11) is 0. The zero-order valence-corrected chi connectivity index (χ0v) is 12.3. The van der Waals surface area contributed by atoms with Crippen LogP contribution in [0, 0.1) is 17.2 Å². The van der Waals surface area contributed by atoms with Crippen LogP contribution in [0.25, 0.3) is 0 Å². The van der Waals surface area contributed by atoms with Gasteiger partial charge in [-0.25, -0.2) is 4.79 Å². The zero-order valence-electron chi connectivity index (χ0n) is 11.5. The first kappa shape index (κ1) is 15.6.